The Bertz CT molecular complexity index is 988. The van der Waals surface area contributed by atoms with Crippen molar-refractivity contribution in [1.29, 1.82) is 0 Å². The van der Waals surface area contributed by atoms with Crippen molar-refractivity contribution in [2.75, 3.05) is 38.7 Å². The van der Waals surface area contributed by atoms with E-state index in [-0.39, 0.29) is 29.3 Å². The Hall–Kier alpha value is -2.13. The van der Waals surface area contributed by atoms with Gasteiger partial charge in [-0.15, -0.1) is 0 Å². The van der Waals surface area contributed by atoms with Crippen molar-refractivity contribution < 1.29 is 22.7 Å². The summed E-state index contributed by atoms with van der Waals surface area (Å²) in [6, 6.07) is 9.50. The molecule has 1 amide bonds. The summed E-state index contributed by atoms with van der Waals surface area (Å²) >= 11 is 5.99. The zero-order valence-electron chi connectivity index (χ0n) is 15.6. The van der Waals surface area contributed by atoms with E-state index in [1.54, 1.807) is 18.2 Å². The van der Waals surface area contributed by atoms with Crippen molar-refractivity contribution in [2.45, 2.75) is 11.8 Å². The number of nitrogens with one attached hydrogen (secondary N) is 1. The first-order valence-corrected chi connectivity index (χ1v) is 10.5. The number of carbonyl (C=O) groups excluding carboxylic acids is 1. The Morgan fingerprint density at radius 1 is 1.18 bits per heavy atom. The van der Waals surface area contributed by atoms with E-state index < -0.39 is 15.9 Å². The van der Waals surface area contributed by atoms with Gasteiger partial charge in [-0.25, -0.2) is 8.42 Å². The molecule has 3 rings (SSSR count). The van der Waals surface area contributed by atoms with Crippen LogP contribution >= 0.6 is 11.6 Å². The fraction of sp³-hybridized carbons (Fsp3) is 0.316. The molecule has 0 aromatic heterocycles. The van der Waals surface area contributed by atoms with Gasteiger partial charge in [0.15, 0.2) is 0 Å². The van der Waals surface area contributed by atoms with E-state index in [2.05, 4.69) is 5.32 Å². The van der Waals surface area contributed by atoms with E-state index >= 15 is 0 Å². The van der Waals surface area contributed by atoms with Crippen LogP contribution in [0.3, 0.4) is 0 Å². The number of sulfonamides is 1. The molecule has 2 aromatic carbocycles. The van der Waals surface area contributed by atoms with Gasteiger partial charge in [-0.1, -0.05) is 17.7 Å². The van der Waals surface area contributed by atoms with E-state index in [0.717, 1.165) is 5.56 Å². The maximum atomic E-state index is 13.0. The van der Waals surface area contributed by atoms with Crippen molar-refractivity contribution >= 4 is 33.2 Å². The number of aryl methyl sites for hydroxylation is 1. The molecule has 0 bridgehead atoms. The Labute approximate surface area is 169 Å². The third-order valence-corrected chi connectivity index (χ3v) is 6.62. The van der Waals surface area contributed by atoms with Gasteiger partial charge in [0.1, 0.15) is 10.6 Å². The number of hydrogen-bond donors (Lipinski definition) is 1. The largest absolute Gasteiger partial charge is 0.495 e. The van der Waals surface area contributed by atoms with Gasteiger partial charge in [-0.2, -0.15) is 4.31 Å². The van der Waals surface area contributed by atoms with Crippen LogP contribution in [0, 0.1) is 6.92 Å². The minimum Gasteiger partial charge on any atom is -0.495 e. The Kier molecular flexibility index (Phi) is 6.24. The lowest BCUT2D eigenvalue weighted by atomic mass is 10.1. The van der Waals surface area contributed by atoms with Crippen LogP contribution in [0.15, 0.2) is 41.3 Å². The molecule has 1 aliphatic heterocycles. The summed E-state index contributed by atoms with van der Waals surface area (Å²) in [7, 11) is -2.43. The number of morpholine rings is 1. The quantitative estimate of drug-likeness (QED) is 0.797. The summed E-state index contributed by atoms with van der Waals surface area (Å²) < 4.78 is 37.9. The van der Waals surface area contributed by atoms with Crippen LogP contribution < -0.4 is 10.1 Å². The maximum absolute atomic E-state index is 13.0. The molecule has 2 aromatic rings. The minimum absolute atomic E-state index is 0.0487. The summed E-state index contributed by atoms with van der Waals surface area (Å²) in [5, 5.41) is 3.26. The van der Waals surface area contributed by atoms with Crippen molar-refractivity contribution in [3.8, 4) is 5.75 Å². The highest BCUT2D eigenvalue weighted by Crippen LogP contribution is 2.29. The number of anilines is 1. The van der Waals surface area contributed by atoms with E-state index in [4.69, 9.17) is 21.1 Å². The van der Waals surface area contributed by atoms with Crippen LogP contribution in [0.4, 0.5) is 5.69 Å². The summed E-state index contributed by atoms with van der Waals surface area (Å²) in [4.78, 5) is 12.7. The van der Waals surface area contributed by atoms with Crippen LogP contribution in [0.5, 0.6) is 5.75 Å². The first-order valence-electron chi connectivity index (χ1n) is 8.66. The lowest BCUT2D eigenvalue weighted by Gasteiger charge is -2.26. The van der Waals surface area contributed by atoms with Gasteiger partial charge in [0, 0.05) is 29.4 Å². The highest BCUT2D eigenvalue weighted by molar-refractivity contribution is 7.89. The zero-order chi connectivity index (χ0) is 20.3. The molecule has 150 valence electrons. The summed E-state index contributed by atoms with van der Waals surface area (Å²) in [5.41, 5.74) is 1.60. The van der Waals surface area contributed by atoms with Crippen LogP contribution in [0.1, 0.15) is 15.9 Å². The molecule has 1 saturated heterocycles. The van der Waals surface area contributed by atoms with E-state index in [1.807, 2.05) is 6.92 Å². The first-order chi connectivity index (χ1) is 13.3. The highest BCUT2D eigenvalue weighted by Gasteiger charge is 2.30. The van der Waals surface area contributed by atoms with Crippen molar-refractivity contribution in [3.63, 3.8) is 0 Å². The molecule has 7 nitrogen and oxygen atoms in total. The van der Waals surface area contributed by atoms with Crippen LogP contribution in [0.2, 0.25) is 5.02 Å². The molecular weight excluding hydrogens is 404 g/mol. The fourth-order valence-electron chi connectivity index (χ4n) is 2.87. The van der Waals surface area contributed by atoms with Gasteiger partial charge in [-0.3, -0.25) is 4.79 Å². The van der Waals surface area contributed by atoms with Gasteiger partial charge in [-0.05, 0) is 42.8 Å². The topological polar surface area (TPSA) is 84.9 Å². The van der Waals surface area contributed by atoms with Crippen molar-refractivity contribution in [1.82, 2.24) is 4.31 Å². The lowest BCUT2D eigenvalue weighted by molar-refractivity contribution is 0.0729. The fourth-order valence-corrected chi connectivity index (χ4v) is 4.63. The molecular formula is C19H21ClN2O5S. The highest BCUT2D eigenvalue weighted by atomic mass is 35.5. The number of halogens is 1. The number of benzene rings is 2. The number of methoxy groups -OCH3 is 1. The van der Waals surface area contributed by atoms with Crippen LogP contribution in [-0.4, -0.2) is 52.0 Å². The molecule has 0 radical (unpaired) electrons. The Morgan fingerprint density at radius 2 is 1.89 bits per heavy atom. The molecule has 0 atom stereocenters. The van der Waals surface area contributed by atoms with Crippen LogP contribution in [-0.2, 0) is 14.8 Å². The summed E-state index contributed by atoms with van der Waals surface area (Å²) in [5.74, 6) is -0.256. The molecule has 28 heavy (non-hydrogen) atoms. The number of ether oxygens (including phenoxy) is 2. The number of nitrogens with zero attached hydrogens (tertiary/aromatic N) is 1. The molecule has 0 spiro atoms. The molecule has 0 aliphatic carbocycles. The predicted molar refractivity (Wildman–Crippen MR) is 107 cm³/mol. The number of carbonyl (C=O) groups is 1. The Morgan fingerprint density at radius 3 is 2.57 bits per heavy atom. The van der Waals surface area contributed by atoms with Crippen molar-refractivity contribution in [2.24, 2.45) is 0 Å². The van der Waals surface area contributed by atoms with Gasteiger partial charge in [0.25, 0.3) is 5.91 Å². The normalized spacial score (nSPS) is 15.2. The van der Waals surface area contributed by atoms with E-state index in [9.17, 15) is 13.2 Å². The monoisotopic (exact) mass is 424 g/mol. The first kappa shape index (κ1) is 20.6. The van der Waals surface area contributed by atoms with Gasteiger partial charge >= 0.3 is 0 Å². The van der Waals surface area contributed by atoms with Gasteiger partial charge in [0.05, 0.1) is 20.3 Å². The average molecular weight is 425 g/mol. The van der Waals surface area contributed by atoms with Gasteiger partial charge < -0.3 is 14.8 Å². The molecule has 1 fully saturated rings. The smallest absolute Gasteiger partial charge is 0.255 e. The number of rotatable bonds is 5. The maximum Gasteiger partial charge on any atom is 0.255 e. The number of hydrogen-bond acceptors (Lipinski definition) is 5. The minimum atomic E-state index is -3.82. The molecule has 0 unspecified atom stereocenters. The van der Waals surface area contributed by atoms with Gasteiger partial charge in [0.2, 0.25) is 10.0 Å². The molecule has 9 heteroatoms. The summed E-state index contributed by atoms with van der Waals surface area (Å²) in [6.07, 6.45) is 0. The van der Waals surface area contributed by atoms with Crippen molar-refractivity contribution in [3.05, 3.63) is 52.5 Å². The van der Waals surface area contributed by atoms with E-state index in [0.29, 0.717) is 23.9 Å². The molecule has 1 N–H and O–H groups in total. The second-order valence-corrected chi connectivity index (χ2v) is 8.64. The summed E-state index contributed by atoms with van der Waals surface area (Å²) in [6.45, 7) is 3.01. The standard InChI is InChI=1S/C19H21ClN2O5S/c1-13-3-5-15(20)12-16(13)21-19(23)14-4-6-17(26-2)18(11-14)28(24,25)22-7-9-27-10-8-22/h3-6,11-12H,7-10H2,1-2H3,(H,21,23). The molecule has 0 saturated carbocycles. The number of amides is 1. The van der Waals surface area contributed by atoms with Crippen LogP contribution in [0.25, 0.3) is 0 Å². The third-order valence-electron chi connectivity index (χ3n) is 4.46. The Balaban J connectivity index is 1.94. The second kappa shape index (κ2) is 8.48. The second-order valence-electron chi connectivity index (χ2n) is 6.30. The zero-order valence-corrected chi connectivity index (χ0v) is 17.1. The molecule has 1 heterocycles. The molecule has 1 aliphatic rings. The lowest BCUT2D eigenvalue weighted by Crippen LogP contribution is -2.40. The van der Waals surface area contributed by atoms with E-state index in [1.165, 1.54) is 29.6 Å². The predicted octanol–water partition coefficient (Wildman–Crippen LogP) is 2.93. The average Bonchev–Trinajstić information content (AvgIpc) is 2.70. The SMILES string of the molecule is COc1ccc(C(=O)Nc2cc(Cl)ccc2C)cc1S(=O)(=O)N1CCOCC1. The third kappa shape index (κ3) is 4.30.